The van der Waals surface area contributed by atoms with Crippen LogP contribution < -0.4 is 10.6 Å². The van der Waals surface area contributed by atoms with E-state index in [1.54, 1.807) is 25.1 Å². The SMILES string of the molecule is Cc1cc(I)ccc1NC(=O)/C(C#N)=C\Nc1ccc(Cl)cc1C(F)(F)F. The van der Waals surface area contributed by atoms with Crippen LogP contribution in [0.3, 0.4) is 0 Å². The maximum atomic E-state index is 13.1. The first kappa shape index (κ1) is 21.1. The van der Waals surface area contributed by atoms with Gasteiger partial charge in [0.15, 0.2) is 0 Å². The van der Waals surface area contributed by atoms with E-state index in [4.69, 9.17) is 11.6 Å². The summed E-state index contributed by atoms with van der Waals surface area (Å²) in [5, 5.41) is 14.0. The molecule has 2 aromatic rings. The number of halogens is 5. The molecule has 0 fully saturated rings. The fourth-order valence-corrected chi connectivity index (χ4v) is 2.95. The van der Waals surface area contributed by atoms with Crippen LogP contribution in [0.1, 0.15) is 11.1 Å². The van der Waals surface area contributed by atoms with Crippen molar-refractivity contribution in [3.05, 3.63) is 67.9 Å². The summed E-state index contributed by atoms with van der Waals surface area (Å²) in [4.78, 5) is 12.3. The predicted octanol–water partition coefficient (Wildman–Crippen LogP) is 5.73. The average molecular weight is 506 g/mol. The molecule has 9 heteroatoms. The largest absolute Gasteiger partial charge is 0.418 e. The van der Waals surface area contributed by atoms with Gasteiger partial charge in [-0.05, 0) is 71.5 Å². The highest BCUT2D eigenvalue weighted by molar-refractivity contribution is 14.1. The molecule has 0 aliphatic rings. The zero-order chi connectivity index (χ0) is 20.2. The van der Waals surface area contributed by atoms with Gasteiger partial charge in [0.1, 0.15) is 11.6 Å². The number of nitrogens with zero attached hydrogens (tertiary/aromatic N) is 1. The molecule has 0 spiro atoms. The smallest absolute Gasteiger partial charge is 0.360 e. The molecule has 0 aromatic heterocycles. The van der Waals surface area contributed by atoms with Gasteiger partial charge in [0.05, 0.1) is 11.3 Å². The van der Waals surface area contributed by atoms with Gasteiger partial charge < -0.3 is 10.6 Å². The highest BCUT2D eigenvalue weighted by Crippen LogP contribution is 2.36. The molecule has 2 aromatic carbocycles. The van der Waals surface area contributed by atoms with Crippen molar-refractivity contribution in [1.29, 1.82) is 5.26 Å². The van der Waals surface area contributed by atoms with E-state index in [9.17, 15) is 23.2 Å². The van der Waals surface area contributed by atoms with Crippen molar-refractivity contribution in [3.8, 4) is 6.07 Å². The number of rotatable bonds is 4. The molecule has 0 saturated heterocycles. The van der Waals surface area contributed by atoms with Crippen LogP contribution in [0.15, 0.2) is 48.2 Å². The van der Waals surface area contributed by atoms with Crippen LogP contribution in [0.4, 0.5) is 24.5 Å². The van der Waals surface area contributed by atoms with Crippen LogP contribution >= 0.6 is 34.2 Å². The summed E-state index contributed by atoms with van der Waals surface area (Å²) >= 11 is 7.74. The zero-order valence-electron chi connectivity index (χ0n) is 13.8. The number of nitriles is 1. The third kappa shape index (κ3) is 5.61. The number of aryl methyl sites for hydroxylation is 1. The molecular formula is C18H12ClF3IN3O. The lowest BCUT2D eigenvalue weighted by atomic mass is 10.1. The molecule has 0 radical (unpaired) electrons. The van der Waals surface area contributed by atoms with E-state index < -0.39 is 17.6 Å². The molecule has 0 aliphatic carbocycles. The molecule has 0 unspecified atom stereocenters. The zero-order valence-corrected chi connectivity index (χ0v) is 16.7. The summed E-state index contributed by atoms with van der Waals surface area (Å²) in [7, 11) is 0. The highest BCUT2D eigenvalue weighted by atomic mass is 127. The molecule has 1 amide bonds. The molecule has 0 bridgehead atoms. The highest BCUT2D eigenvalue weighted by Gasteiger charge is 2.33. The minimum Gasteiger partial charge on any atom is -0.360 e. The standard InChI is InChI=1S/C18H12ClF3IN3O/c1-10-6-13(23)3-5-15(10)26-17(27)11(8-24)9-25-16-4-2-12(19)7-14(16)18(20,21)22/h2-7,9,25H,1H3,(H,26,27)/b11-9-. The van der Waals surface area contributed by atoms with Gasteiger partial charge in [0.25, 0.3) is 5.91 Å². The first-order valence-corrected chi connectivity index (χ1v) is 8.88. The van der Waals surface area contributed by atoms with E-state index in [-0.39, 0.29) is 16.3 Å². The third-order valence-electron chi connectivity index (χ3n) is 3.46. The Kier molecular flexibility index (Phi) is 6.73. The Bertz CT molecular complexity index is 952. The molecule has 140 valence electrons. The molecule has 0 saturated carbocycles. The van der Waals surface area contributed by atoms with Crippen LogP contribution in [0.5, 0.6) is 0 Å². The monoisotopic (exact) mass is 505 g/mol. The summed E-state index contributed by atoms with van der Waals surface area (Å²) in [6, 6.07) is 10.1. The number of benzene rings is 2. The van der Waals surface area contributed by atoms with Gasteiger partial charge in [-0.25, -0.2) is 0 Å². The number of hydrogen-bond acceptors (Lipinski definition) is 3. The van der Waals surface area contributed by atoms with E-state index in [0.29, 0.717) is 5.69 Å². The quantitative estimate of drug-likeness (QED) is 0.317. The second-order valence-electron chi connectivity index (χ2n) is 5.42. The van der Waals surface area contributed by atoms with Gasteiger partial charge >= 0.3 is 6.18 Å². The van der Waals surface area contributed by atoms with Crippen LogP contribution in [-0.2, 0) is 11.0 Å². The predicted molar refractivity (Wildman–Crippen MR) is 106 cm³/mol. The Hall–Kier alpha value is -2.25. The lowest BCUT2D eigenvalue weighted by Gasteiger charge is -2.13. The van der Waals surface area contributed by atoms with Crippen molar-refractivity contribution >= 4 is 51.5 Å². The summed E-state index contributed by atoms with van der Waals surface area (Å²) in [6.07, 6.45) is -3.72. The van der Waals surface area contributed by atoms with Gasteiger partial charge in [0.2, 0.25) is 0 Å². The number of carbonyl (C=O) groups excluding carboxylic acids is 1. The van der Waals surface area contributed by atoms with Crippen molar-refractivity contribution in [2.45, 2.75) is 13.1 Å². The Morgan fingerprint density at radius 3 is 2.48 bits per heavy atom. The van der Waals surface area contributed by atoms with E-state index >= 15 is 0 Å². The van der Waals surface area contributed by atoms with Gasteiger partial charge in [0, 0.05) is 20.5 Å². The number of nitrogens with one attached hydrogen (secondary N) is 2. The molecule has 2 rings (SSSR count). The molecule has 4 nitrogen and oxygen atoms in total. The second kappa shape index (κ2) is 8.63. The first-order chi connectivity index (χ1) is 12.6. The minimum atomic E-state index is -4.64. The first-order valence-electron chi connectivity index (χ1n) is 7.43. The van der Waals surface area contributed by atoms with Crippen LogP contribution in [-0.4, -0.2) is 5.91 Å². The van der Waals surface area contributed by atoms with Crippen molar-refractivity contribution in [2.75, 3.05) is 10.6 Å². The summed E-state index contributed by atoms with van der Waals surface area (Å²) in [6.45, 7) is 1.79. The number of carbonyl (C=O) groups is 1. The van der Waals surface area contributed by atoms with Crippen LogP contribution in [0, 0.1) is 21.8 Å². The van der Waals surface area contributed by atoms with Gasteiger partial charge in [-0.2, -0.15) is 18.4 Å². The lowest BCUT2D eigenvalue weighted by Crippen LogP contribution is -2.16. The van der Waals surface area contributed by atoms with Crippen molar-refractivity contribution in [3.63, 3.8) is 0 Å². The van der Waals surface area contributed by atoms with Gasteiger partial charge in [-0.1, -0.05) is 11.6 Å². The number of anilines is 2. The summed E-state index contributed by atoms with van der Waals surface area (Å²) in [5.74, 6) is -0.739. The fraction of sp³-hybridized carbons (Fsp3) is 0.111. The topological polar surface area (TPSA) is 64.9 Å². The second-order valence-corrected chi connectivity index (χ2v) is 7.10. The normalized spacial score (nSPS) is 11.7. The van der Waals surface area contributed by atoms with E-state index in [1.165, 1.54) is 6.07 Å². The van der Waals surface area contributed by atoms with E-state index in [1.807, 2.05) is 6.07 Å². The molecule has 2 N–H and O–H groups in total. The molecule has 0 aliphatic heterocycles. The van der Waals surface area contributed by atoms with E-state index in [2.05, 4.69) is 33.2 Å². The average Bonchev–Trinajstić information content (AvgIpc) is 2.58. The number of alkyl halides is 3. The minimum absolute atomic E-state index is 0.0794. The van der Waals surface area contributed by atoms with Crippen molar-refractivity contribution in [2.24, 2.45) is 0 Å². The lowest BCUT2D eigenvalue weighted by molar-refractivity contribution is -0.136. The van der Waals surface area contributed by atoms with Crippen molar-refractivity contribution in [1.82, 2.24) is 0 Å². The summed E-state index contributed by atoms with van der Waals surface area (Å²) < 4.78 is 40.3. The molecule has 27 heavy (non-hydrogen) atoms. The van der Waals surface area contributed by atoms with Gasteiger partial charge in [-0.15, -0.1) is 0 Å². The molecule has 0 atom stereocenters. The summed E-state index contributed by atoms with van der Waals surface area (Å²) in [5.41, 5.74) is -0.409. The Balaban J connectivity index is 2.24. The van der Waals surface area contributed by atoms with E-state index in [0.717, 1.165) is 27.5 Å². The Labute approximate surface area is 172 Å². The number of amides is 1. The maximum Gasteiger partial charge on any atom is 0.418 e. The Morgan fingerprint density at radius 1 is 1.22 bits per heavy atom. The Morgan fingerprint density at radius 2 is 1.89 bits per heavy atom. The van der Waals surface area contributed by atoms with Crippen LogP contribution in [0.2, 0.25) is 5.02 Å². The maximum absolute atomic E-state index is 13.1. The number of hydrogen-bond donors (Lipinski definition) is 2. The van der Waals surface area contributed by atoms with Gasteiger partial charge in [-0.3, -0.25) is 4.79 Å². The molecule has 0 heterocycles. The molecular weight excluding hydrogens is 494 g/mol. The van der Waals surface area contributed by atoms with Crippen LogP contribution in [0.25, 0.3) is 0 Å². The van der Waals surface area contributed by atoms with Crippen molar-refractivity contribution < 1.29 is 18.0 Å². The third-order valence-corrected chi connectivity index (χ3v) is 4.37. The fourth-order valence-electron chi connectivity index (χ4n) is 2.13.